The van der Waals surface area contributed by atoms with E-state index in [0.29, 0.717) is 36.3 Å². The van der Waals surface area contributed by atoms with Crippen LogP contribution in [-0.4, -0.2) is 59.2 Å². The monoisotopic (exact) mass is 520 g/mol. The number of nitrogens with two attached hydrogens (primary N) is 1. The van der Waals surface area contributed by atoms with Crippen LogP contribution in [0.5, 0.6) is 5.75 Å². The highest BCUT2D eigenvalue weighted by molar-refractivity contribution is 6.00. The Balaban J connectivity index is 1.47. The van der Waals surface area contributed by atoms with Crippen molar-refractivity contribution in [2.24, 2.45) is 10.7 Å². The zero-order valence-corrected chi connectivity index (χ0v) is 22.1. The number of nitrogens with one attached hydrogen (secondary N) is 1. The van der Waals surface area contributed by atoms with E-state index in [4.69, 9.17) is 20.2 Å². The molecule has 0 spiro atoms. The van der Waals surface area contributed by atoms with Crippen molar-refractivity contribution < 1.29 is 24.2 Å². The number of hydrogen-bond acceptors (Lipinski definition) is 7. The lowest BCUT2D eigenvalue weighted by Crippen LogP contribution is -2.54. The van der Waals surface area contributed by atoms with E-state index >= 15 is 0 Å². The van der Waals surface area contributed by atoms with Crippen LogP contribution in [0, 0.1) is 0 Å². The molecule has 5 rings (SSSR count). The van der Waals surface area contributed by atoms with Gasteiger partial charge in [-0.2, -0.15) is 0 Å². The number of nitrogens with zero attached hydrogens (tertiary/aromatic N) is 2. The molecule has 2 heterocycles. The van der Waals surface area contributed by atoms with Gasteiger partial charge in [0.25, 0.3) is 5.91 Å². The Bertz CT molecular complexity index is 1260. The van der Waals surface area contributed by atoms with E-state index in [1.807, 2.05) is 38.1 Å². The molecule has 2 amide bonds. The Hall–Kier alpha value is -3.43. The summed E-state index contributed by atoms with van der Waals surface area (Å²) in [5, 5.41) is 13.6. The van der Waals surface area contributed by atoms with Gasteiger partial charge in [-0.25, -0.2) is 4.99 Å². The standard InChI is InChI=1S/C29H36N4O5/c1-4-29(5-2)15-25(35)33(28(30)32-29)22-14-19(16-37-3)38-24-11-10-18(12-21(22)24)27(36)31-26-20-9-7-6-8-17(20)13-23(26)34/h6-12,19,22-23,26,34H,4-5,13-16H2,1-3H3,(H2,30,32)(H,31,36)/t19?,22-,23-,26-/m1/s1. The molecular formula is C29H36N4O5. The highest BCUT2D eigenvalue weighted by atomic mass is 16.5. The number of ether oxygens (including phenoxy) is 2. The number of aliphatic imine (C=N–C) groups is 1. The van der Waals surface area contributed by atoms with Gasteiger partial charge in [-0.1, -0.05) is 38.1 Å². The first kappa shape index (κ1) is 26.2. The van der Waals surface area contributed by atoms with Gasteiger partial charge in [0.05, 0.1) is 36.8 Å². The van der Waals surface area contributed by atoms with Crippen LogP contribution in [0.3, 0.4) is 0 Å². The maximum Gasteiger partial charge on any atom is 0.251 e. The van der Waals surface area contributed by atoms with Gasteiger partial charge in [0.1, 0.15) is 11.9 Å². The van der Waals surface area contributed by atoms with Crippen molar-refractivity contribution in [2.75, 3.05) is 13.7 Å². The normalized spacial score (nSPS) is 25.7. The molecule has 4 N–H and O–H groups in total. The smallest absolute Gasteiger partial charge is 0.251 e. The summed E-state index contributed by atoms with van der Waals surface area (Å²) in [6.45, 7) is 4.39. The van der Waals surface area contributed by atoms with Crippen molar-refractivity contribution in [2.45, 2.75) is 75.8 Å². The third kappa shape index (κ3) is 4.65. The summed E-state index contributed by atoms with van der Waals surface area (Å²) in [6, 6.07) is 12.0. The Morgan fingerprint density at radius 2 is 2.00 bits per heavy atom. The number of aliphatic hydroxyl groups is 1. The van der Waals surface area contributed by atoms with E-state index in [1.54, 1.807) is 30.2 Å². The zero-order chi connectivity index (χ0) is 27.0. The first-order chi connectivity index (χ1) is 18.3. The molecular weight excluding hydrogens is 484 g/mol. The molecule has 0 saturated heterocycles. The molecule has 9 heteroatoms. The van der Waals surface area contributed by atoms with E-state index < -0.39 is 23.7 Å². The molecule has 3 aliphatic rings. The van der Waals surface area contributed by atoms with Crippen LogP contribution < -0.4 is 15.8 Å². The number of amides is 2. The lowest BCUT2D eigenvalue weighted by Gasteiger charge is -2.43. The van der Waals surface area contributed by atoms with E-state index in [1.165, 1.54) is 0 Å². The van der Waals surface area contributed by atoms with Crippen LogP contribution in [0.25, 0.3) is 0 Å². The topological polar surface area (TPSA) is 126 Å². The summed E-state index contributed by atoms with van der Waals surface area (Å²) >= 11 is 0. The summed E-state index contributed by atoms with van der Waals surface area (Å²) in [5.74, 6) is 0.374. The van der Waals surface area contributed by atoms with Gasteiger partial charge in [0.15, 0.2) is 5.96 Å². The molecule has 0 radical (unpaired) electrons. The number of methoxy groups -OCH3 is 1. The van der Waals surface area contributed by atoms with Gasteiger partial charge in [-0.3, -0.25) is 14.5 Å². The van der Waals surface area contributed by atoms with Crippen molar-refractivity contribution in [1.29, 1.82) is 0 Å². The summed E-state index contributed by atoms with van der Waals surface area (Å²) < 4.78 is 11.5. The fourth-order valence-electron chi connectivity index (χ4n) is 5.99. The second-order valence-corrected chi connectivity index (χ2v) is 10.5. The number of guanidine groups is 1. The molecule has 2 aliphatic heterocycles. The minimum absolute atomic E-state index is 0.0873. The van der Waals surface area contributed by atoms with Crippen molar-refractivity contribution in [3.8, 4) is 5.75 Å². The number of benzene rings is 2. The highest BCUT2D eigenvalue weighted by Crippen LogP contribution is 2.42. The molecule has 0 fully saturated rings. The average Bonchev–Trinajstić information content (AvgIpc) is 3.22. The fourth-order valence-corrected chi connectivity index (χ4v) is 5.99. The molecule has 2 aromatic rings. The molecule has 0 bridgehead atoms. The number of fused-ring (bicyclic) bond motifs is 2. The number of rotatable bonds is 7. The Labute approximate surface area is 223 Å². The van der Waals surface area contributed by atoms with Gasteiger partial charge in [0, 0.05) is 31.1 Å². The van der Waals surface area contributed by atoms with Gasteiger partial charge in [-0.15, -0.1) is 0 Å². The number of aliphatic hydroxyl groups excluding tert-OH is 1. The number of carbonyl (C=O) groups excluding carboxylic acids is 2. The van der Waals surface area contributed by atoms with Gasteiger partial charge in [0.2, 0.25) is 5.91 Å². The highest BCUT2D eigenvalue weighted by Gasteiger charge is 2.43. The predicted octanol–water partition coefficient (Wildman–Crippen LogP) is 3.02. The van der Waals surface area contributed by atoms with Crippen LogP contribution >= 0.6 is 0 Å². The minimum atomic E-state index is -0.695. The fraction of sp³-hybridized carbons (Fsp3) is 0.483. The maximum atomic E-state index is 13.5. The molecule has 9 nitrogen and oxygen atoms in total. The van der Waals surface area contributed by atoms with Crippen molar-refractivity contribution >= 4 is 17.8 Å². The van der Waals surface area contributed by atoms with Crippen molar-refractivity contribution in [3.05, 3.63) is 64.7 Å². The summed E-state index contributed by atoms with van der Waals surface area (Å²) in [6.07, 6.45) is 1.69. The molecule has 1 aliphatic carbocycles. The molecule has 4 atom stereocenters. The third-order valence-electron chi connectivity index (χ3n) is 8.23. The van der Waals surface area contributed by atoms with Crippen LogP contribution in [0.2, 0.25) is 0 Å². The second kappa shape index (κ2) is 10.4. The van der Waals surface area contributed by atoms with E-state index in [-0.39, 0.29) is 30.3 Å². The van der Waals surface area contributed by atoms with Crippen molar-refractivity contribution in [1.82, 2.24) is 10.2 Å². The van der Waals surface area contributed by atoms with Crippen LogP contribution in [-0.2, 0) is 16.0 Å². The Morgan fingerprint density at radius 3 is 2.71 bits per heavy atom. The molecule has 0 aromatic heterocycles. The molecule has 202 valence electrons. The summed E-state index contributed by atoms with van der Waals surface area (Å²) in [5.41, 5.74) is 9.02. The second-order valence-electron chi connectivity index (χ2n) is 10.5. The summed E-state index contributed by atoms with van der Waals surface area (Å²) in [4.78, 5) is 33.2. The first-order valence-corrected chi connectivity index (χ1v) is 13.3. The lowest BCUT2D eigenvalue weighted by atomic mass is 9.86. The van der Waals surface area contributed by atoms with E-state index in [2.05, 4.69) is 5.32 Å². The van der Waals surface area contributed by atoms with Crippen LogP contribution in [0.15, 0.2) is 47.5 Å². The average molecular weight is 521 g/mol. The van der Waals surface area contributed by atoms with Crippen molar-refractivity contribution in [3.63, 3.8) is 0 Å². The zero-order valence-electron chi connectivity index (χ0n) is 22.1. The van der Waals surface area contributed by atoms with Crippen LogP contribution in [0.1, 0.15) is 78.7 Å². The minimum Gasteiger partial charge on any atom is -0.488 e. The largest absolute Gasteiger partial charge is 0.488 e. The van der Waals surface area contributed by atoms with Gasteiger partial charge < -0.3 is 25.6 Å². The van der Waals surface area contributed by atoms with Gasteiger partial charge >= 0.3 is 0 Å². The molecule has 1 unspecified atom stereocenters. The van der Waals surface area contributed by atoms with E-state index in [0.717, 1.165) is 24.0 Å². The van der Waals surface area contributed by atoms with E-state index in [9.17, 15) is 14.7 Å². The number of carbonyl (C=O) groups is 2. The third-order valence-corrected chi connectivity index (χ3v) is 8.23. The van der Waals surface area contributed by atoms with Gasteiger partial charge in [-0.05, 0) is 42.2 Å². The quantitative estimate of drug-likeness (QED) is 0.515. The Morgan fingerprint density at radius 1 is 1.24 bits per heavy atom. The predicted molar refractivity (Wildman–Crippen MR) is 143 cm³/mol. The Kier molecular flexibility index (Phi) is 7.15. The SMILES string of the molecule is CCC1(CC)CC(=O)N([C@@H]2CC(COC)Oc3ccc(C(=O)N[C@@H]4c5ccccc5C[C@H]4O)cc32)C(N)=N1. The molecule has 0 saturated carbocycles. The summed E-state index contributed by atoms with van der Waals surface area (Å²) in [7, 11) is 1.61. The number of hydrogen-bond donors (Lipinski definition) is 3. The van der Waals surface area contributed by atoms with Crippen LogP contribution in [0.4, 0.5) is 0 Å². The lowest BCUT2D eigenvalue weighted by molar-refractivity contribution is -0.132. The maximum absolute atomic E-state index is 13.5. The molecule has 38 heavy (non-hydrogen) atoms. The first-order valence-electron chi connectivity index (χ1n) is 13.3. The molecule has 2 aromatic carbocycles.